The van der Waals surface area contributed by atoms with Gasteiger partial charge in [0.2, 0.25) is 5.91 Å². The molecule has 0 aromatic carbocycles. The maximum absolute atomic E-state index is 12.4. The molecule has 2 fully saturated rings. The highest BCUT2D eigenvalue weighted by Gasteiger charge is 2.26. The Morgan fingerprint density at radius 2 is 1.75 bits per heavy atom. The molecule has 7 heteroatoms. The molecule has 0 spiro atoms. The quantitative estimate of drug-likeness (QED) is 0.801. The van der Waals surface area contributed by atoms with Crippen LogP contribution in [0.4, 0.5) is 5.82 Å². The number of hydrogen-bond acceptors (Lipinski definition) is 6. The highest BCUT2D eigenvalue weighted by atomic mass is 16.5. The number of amides is 1. The monoisotopic (exact) mass is 333 g/mol. The molecule has 0 atom stereocenters. The molecule has 2 aliphatic rings. The van der Waals surface area contributed by atoms with Gasteiger partial charge in [-0.25, -0.2) is 9.97 Å². The van der Waals surface area contributed by atoms with Crippen molar-refractivity contribution in [2.45, 2.75) is 32.8 Å². The summed E-state index contributed by atoms with van der Waals surface area (Å²) in [6.07, 6.45) is 5.83. The van der Waals surface area contributed by atoms with Crippen LogP contribution in [0.3, 0.4) is 0 Å². The highest BCUT2D eigenvalue weighted by molar-refractivity contribution is 5.78. The van der Waals surface area contributed by atoms with Gasteiger partial charge in [0.15, 0.2) is 5.82 Å². The molecular formula is C17H27N5O2. The lowest BCUT2D eigenvalue weighted by Gasteiger charge is -2.36. The van der Waals surface area contributed by atoms with Crippen molar-refractivity contribution in [2.24, 2.45) is 0 Å². The lowest BCUT2D eigenvalue weighted by Crippen LogP contribution is -2.51. The molecule has 0 radical (unpaired) electrons. The van der Waals surface area contributed by atoms with Crippen LogP contribution in [0.1, 0.15) is 26.7 Å². The standard InChI is InChI=1S/C17H27N5O2/c1-14(2)24-17-16(18-5-6-19-17)22-11-9-21(10-12-22)15(23)13-20-7-3-4-8-20/h5-6,14H,3-4,7-13H2,1-2H3. The first-order valence-electron chi connectivity index (χ1n) is 8.86. The third kappa shape index (κ3) is 4.14. The number of hydrogen-bond donors (Lipinski definition) is 0. The molecule has 0 aliphatic carbocycles. The molecule has 24 heavy (non-hydrogen) atoms. The van der Waals surface area contributed by atoms with Gasteiger partial charge in [0.25, 0.3) is 5.88 Å². The van der Waals surface area contributed by atoms with Gasteiger partial charge >= 0.3 is 0 Å². The summed E-state index contributed by atoms with van der Waals surface area (Å²) in [6, 6.07) is 0. The van der Waals surface area contributed by atoms with E-state index in [1.165, 1.54) is 12.8 Å². The second kappa shape index (κ2) is 7.79. The van der Waals surface area contributed by atoms with Crippen molar-refractivity contribution < 1.29 is 9.53 Å². The van der Waals surface area contributed by atoms with E-state index in [9.17, 15) is 4.79 Å². The third-order valence-electron chi connectivity index (χ3n) is 4.48. The third-order valence-corrected chi connectivity index (χ3v) is 4.48. The Bertz CT molecular complexity index is 552. The smallest absolute Gasteiger partial charge is 0.257 e. The van der Waals surface area contributed by atoms with Crippen molar-refractivity contribution >= 4 is 11.7 Å². The summed E-state index contributed by atoms with van der Waals surface area (Å²) in [4.78, 5) is 27.5. The highest BCUT2D eigenvalue weighted by Crippen LogP contribution is 2.24. The fraction of sp³-hybridized carbons (Fsp3) is 0.706. The maximum atomic E-state index is 12.4. The molecular weight excluding hydrogens is 306 g/mol. The predicted octanol–water partition coefficient (Wildman–Crippen LogP) is 1.01. The van der Waals surface area contributed by atoms with Gasteiger partial charge in [-0.2, -0.15) is 0 Å². The molecule has 3 rings (SSSR count). The number of carbonyl (C=O) groups excluding carboxylic acids is 1. The minimum atomic E-state index is 0.0591. The van der Waals surface area contributed by atoms with Gasteiger partial charge in [-0.05, 0) is 39.8 Å². The number of carbonyl (C=O) groups is 1. The maximum Gasteiger partial charge on any atom is 0.257 e. The molecule has 0 unspecified atom stereocenters. The fourth-order valence-corrected chi connectivity index (χ4v) is 3.24. The van der Waals surface area contributed by atoms with Gasteiger partial charge in [-0.1, -0.05) is 0 Å². The van der Waals surface area contributed by atoms with E-state index in [-0.39, 0.29) is 12.0 Å². The van der Waals surface area contributed by atoms with Crippen molar-refractivity contribution in [1.82, 2.24) is 19.8 Å². The average molecular weight is 333 g/mol. The first-order valence-corrected chi connectivity index (χ1v) is 8.86. The summed E-state index contributed by atoms with van der Waals surface area (Å²) < 4.78 is 5.76. The van der Waals surface area contributed by atoms with E-state index in [2.05, 4.69) is 19.8 Å². The van der Waals surface area contributed by atoms with E-state index in [1.807, 2.05) is 18.7 Å². The normalized spacial score (nSPS) is 19.1. The van der Waals surface area contributed by atoms with Gasteiger partial charge in [-0.3, -0.25) is 9.69 Å². The van der Waals surface area contributed by atoms with E-state index in [0.29, 0.717) is 12.4 Å². The van der Waals surface area contributed by atoms with E-state index >= 15 is 0 Å². The molecule has 2 aliphatic heterocycles. The zero-order valence-corrected chi connectivity index (χ0v) is 14.6. The van der Waals surface area contributed by atoms with Crippen molar-refractivity contribution in [3.63, 3.8) is 0 Å². The second-order valence-corrected chi connectivity index (χ2v) is 6.70. The molecule has 132 valence electrons. The molecule has 1 amide bonds. The van der Waals surface area contributed by atoms with Gasteiger partial charge in [0.05, 0.1) is 12.6 Å². The van der Waals surface area contributed by atoms with Crippen molar-refractivity contribution in [2.75, 3.05) is 50.7 Å². The lowest BCUT2D eigenvalue weighted by atomic mass is 10.3. The SMILES string of the molecule is CC(C)Oc1nccnc1N1CCN(C(=O)CN2CCCC2)CC1. The second-order valence-electron chi connectivity index (χ2n) is 6.70. The van der Waals surface area contributed by atoms with Crippen LogP contribution in [0.15, 0.2) is 12.4 Å². The van der Waals surface area contributed by atoms with E-state index in [1.54, 1.807) is 12.4 Å². The van der Waals surface area contributed by atoms with Crippen LogP contribution in [-0.4, -0.2) is 77.6 Å². The number of rotatable bonds is 5. The number of piperazine rings is 1. The van der Waals surface area contributed by atoms with Gasteiger partial charge in [0, 0.05) is 38.6 Å². The van der Waals surface area contributed by atoms with Crippen molar-refractivity contribution in [3.05, 3.63) is 12.4 Å². The summed E-state index contributed by atoms with van der Waals surface area (Å²) >= 11 is 0. The average Bonchev–Trinajstić information content (AvgIpc) is 3.08. The van der Waals surface area contributed by atoms with Crippen molar-refractivity contribution in [1.29, 1.82) is 0 Å². The molecule has 2 saturated heterocycles. The van der Waals surface area contributed by atoms with Gasteiger partial charge < -0.3 is 14.5 Å². The molecule has 0 saturated carbocycles. The Labute approximate surface area is 143 Å². The summed E-state index contributed by atoms with van der Waals surface area (Å²) in [5.41, 5.74) is 0. The lowest BCUT2D eigenvalue weighted by molar-refractivity contribution is -0.132. The van der Waals surface area contributed by atoms with Gasteiger partial charge in [0.1, 0.15) is 0 Å². The molecule has 7 nitrogen and oxygen atoms in total. The first kappa shape index (κ1) is 17.0. The zero-order chi connectivity index (χ0) is 16.9. The minimum absolute atomic E-state index is 0.0591. The van der Waals surface area contributed by atoms with Crippen LogP contribution < -0.4 is 9.64 Å². The largest absolute Gasteiger partial charge is 0.472 e. The van der Waals surface area contributed by atoms with Gasteiger partial charge in [-0.15, -0.1) is 0 Å². The van der Waals surface area contributed by atoms with E-state index in [0.717, 1.165) is 45.1 Å². The molecule has 3 heterocycles. The van der Waals surface area contributed by atoms with Crippen molar-refractivity contribution in [3.8, 4) is 5.88 Å². The van der Waals surface area contributed by atoms with E-state index in [4.69, 9.17) is 4.74 Å². The van der Waals surface area contributed by atoms with Crippen LogP contribution >= 0.6 is 0 Å². The van der Waals surface area contributed by atoms with Crippen LogP contribution in [0, 0.1) is 0 Å². The number of anilines is 1. The fourth-order valence-electron chi connectivity index (χ4n) is 3.24. The number of likely N-dealkylation sites (tertiary alicyclic amines) is 1. The van der Waals surface area contributed by atoms with Crippen LogP contribution in [0.25, 0.3) is 0 Å². The zero-order valence-electron chi connectivity index (χ0n) is 14.6. The molecule has 1 aromatic rings. The Morgan fingerprint density at radius 3 is 2.42 bits per heavy atom. The molecule has 0 N–H and O–H groups in total. The molecule has 1 aromatic heterocycles. The Morgan fingerprint density at radius 1 is 1.08 bits per heavy atom. The summed E-state index contributed by atoms with van der Waals surface area (Å²) in [5, 5.41) is 0. The Kier molecular flexibility index (Phi) is 5.50. The molecule has 0 bridgehead atoms. The van der Waals surface area contributed by atoms with E-state index < -0.39 is 0 Å². The number of aromatic nitrogens is 2. The first-order chi connectivity index (χ1) is 11.6. The number of nitrogens with zero attached hydrogens (tertiary/aromatic N) is 5. The Hall–Kier alpha value is -1.89. The summed E-state index contributed by atoms with van der Waals surface area (Å²) in [5.74, 6) is 1.59. The van der Waals surface area contributed by atoms with Crippen LogP contribution in [0.5, 0.6) is 5.88 Å². The summed E-state index contributed by atoms with van der Waals surface area (Å²) in [7, 11) is 0. The minimum Gasteiger partial charge on any atom is -0.472 e. The predicted molar refractivity (Wildman–Crippen MR) is 92.3 cm³/mol. The number of ether oxygens (including phenoxy) is 1. The van der Waals surface area contributed by atoms with Crippen LogP contribution in [-0.2, 0) is 4.79 Å². The Balaban J connectivity index is 1.56. The van der Waals surface area contributed by atoms with Crippen LogP contribution in [0.2, 0.25) is 0 Å². The summed E-state index contributed by atoms with van der Waals surface area (Å²) in [6.45, 7) is 9.61. The topological polar surface area (TPSA) is 61.8 Å².